The maximum atomic E-state index is 12.6. The van der Waals surface area contributed by atoms with Crippen molar-refractivity contribution in [2.45, 2.75) is 13.0 Å². The lowest BCUT2D eigenvalue weighted by molar-refractivity contribution is 0.0668. The lowest BCUT2D eigenvalue weighted by atomic mass is 9.84. The average Bonchev–Trinajstić information content (AvgIpc) is 2.86. The number of alkyl halides is 1. The van der Waals surface area contributed by atoms with E-state index >= 15 is 0 Å². The van der Waals surface area contributed by atoms with Gasteiger partial charge < -0.3 is 19.7 Å². The van der Waals surface area contributed by atoms with Crippen LogP contribution < -0.4 is 9.47 Å². The number of likely N-dealkylation sites (tertiary alicyclic amines) is 1. The standard InChI is InChI=1S/C29H27FN2O4/c1-18-27(21-3-2-4-22(33)13-21)29(36-26-10-9-25(34)24(15-31)28(18)26)20-5-7-23(8-6-20)35-12-11-32-16-19(14-30)17-32/h2-10,13,19,29,33-34H,11-12,14,16-17H2,1H3/t29-/m1/s1. The molecular weight excluding hydrogens is 459 g/mol. The van der Waals surface area contributed by atoms with Crippen molar-refractivity contribution < 1.29 is 24.1 Å². The fraction of sp³-hybridized carbons (Fsp3) is 0.276. The van der Waals surface area contributed by atoms with Crippen LogP contribution in [0.5, 0.6) is 23.0 Å². The highest BCUT2D eigenvalue weighted by Crippen LogP contribution is 2.49. The van der Waals surface area contributed by atoms with Crippen molar-refractivity contribution in [2.24, 2.45) is 5.92 Å². The highest BCUT2D eigenvalue weighted by atomic mass is 19.1. The summed E-state index contributed by atoms with van der Waals surface area (Å²) in [6.07, 6.45) is -0.497. The summed E-state index contributed by atoms with van der Waals surface area (Å²) in [5, 5.41) is 30.1. The van der Waals surface area contributed by atoms with Gasteiger partial charge in [0.2, 0.25) is 0 Å². The van der Waals surface area contributed by atoms with Crippen molar-refractivity contribution in [2.75, 3.05) is 32.9 Å². The van der Waals surface area contributed by atoms with Crippen molar-refractivity contribution in [1.82, 2.24) is 4.90 Å². The molecule has 0 bridgehead atoms. The van der Waals surface area contributed by atoms with Gasteiger partial charge in [0, 0.05) is 36.7 Å². The van der Waals surface area contributed by atoms with Gasteiger partial charge in [0.1, 0.15) is 47.3 Å². The number of halogens is 1. The highest BCUT2D eigenvalue weighted by molar-refractivity contribution is 5.97. The summed E-state index contributed by atoms with van der Waals surface area (Å²) >= 11 is 0. The number of benzene rings is 3. The van der Waals surface area contributed by atoms with Gasteiger partial charge in [0.15, 0.2) is 0 Å². The third-order valence-corrected chi connectivity index (χ3v) is 6.81. The Balaban J connectivity index is 1.43. The van der Waals surface area contributed by atoms with Gasteiger partial charge in [-0.25, -0.2) is 0 Å². The van der Waals surface area contributed by atoms with E-state index in [9.17, 15) is 19.9 Å². The molecule has 0 spiro atoms. The van der Waals surface area contributed by atoms with E-state index < -0.39 is 6.10 Å². The van der Waals surface area contributed by atoms with Gasteiger partial charge in [0.05, 0.1) is 6.67 Å². The molecule has 3 aromatic rings. The van der Waals surface area contributed by atoms with Gasteiger partial charge in [-0.3, -0.25) is 9.29 Å². The molecular formula is C29H27FN2O4. The third-order valence-electron chi connectivity index (χ3n) is 6.81. The molecule has 6 nitrogen and oxygen atoms in total. The molecule has 7 heteroatoms. The van der Waals surface area contributed by atoms with E-state index in [1.54, 1.807) is 24.3 Å². The molecule has 5 rings (SSSR count). The van der Waals surface area contributed by atoms with Crippen molar-refractivity contribution in [3.63, 3.8) is 0 Å². The molecule has 36 heavy (non-hydrogen) atoms. The zero-order valence-electron chi connectivity index (χ0n) is 19.9. The first-order valence-electron chi connectivity index (χ1n) is 11.9. The van der Waals surface area contributed by atoms with Crippen LogP contribution in [0.3, 0.4) is 0 Å². The number of ether oxygens (including phenoxy) is 2. The van der Waals surface area contributed by atoms with Crippen LogP contribution >= 0.6 is 0 Å². The molecule has 2 aliphatic rings. The second kappa shape index (κ2) is 9.92. The number of phenols is 2. The van der Waals surface area contributed by atoms with Crippen LogP contribution in [-0.2, 0) is 0 Å². The van der Waals surface area contributed by atoms with E-state index in [2.05, 4.69) is 11.0 Å². The molecule has 1 atom stereocenters. The number of hydrogen-bond donors (Lipinski definition) is 2. The topological polar surface area (TPSA) is 86.0 Å². The molecule has 0 amide bonds. The molecule has 184 valence electrons. The number of allylic oxidation sites excluding steroid dienone is 1. The normalized spacial score (nSPS) is 17.6. The van der Waals surface area contributed by atoms with Crippen LogP contribution in [0.15, 0.2) is 60.7 Å². The van der Waals surface area contributed by atoms with Crippen LogP contribution in [0.4, 0.5) is 4.39 Å². The van der Waals surface area contributed by atoms with Gasteiger partial charge in [-0.15, -0.1) is 0 Å². The van der Waals surface area contributed by atoms with Crippen molar-refractivity contribution >= 4 is 11.1 Å². The summed E-state index contributed by atoms with van der Waals surface area (Å²) in [5.74, 6) is 1.42. The molecule has 1 fully saturated rings. The van der Waals surface area contributed by atoms with E-state index in [0.29, 0.717) is 17.9 Å². The second-order valence-electron chi connectivity index (χ2n) is 9.23. The fourth-order valence-electron chi connectivity index (χ4n) is 4.94. The zero-order valence-corrected chi connectivity index (χ0v) is 19.9. The number of phenolic OH excluding ortho intramolecular Hbond substituents is 2. The summed E-state index contributed by atoms with van der Waals surface area (Å²) < 4.78 is 24.9. The monoisotopic (exact) mass is 486 g/mol. The predicted molar refractivity (Wildman–Crippen MR) is 135 cm³/mol. The van der Waals surface area contributed by atoms with Crippen molar-refractivity contribution in [3.8, 4) is 29.1 Å². The van der Waals surface area contributed by atoms with E-state index in [-0.39, 0.29) is 29.7 Å². The van der Waals surface area contributed by atoms with Gasteiger partial charge in [-0.05, 0) is 60.0 Å². The van der Waals surface area contributed by atoms with Crippen LogP contribution in [-0.4, -0.2) is 48.0 Å². The fourth-order valence-corrected chi connectivity index (χ4v) is 4.94. The van der Waals surface area contributed by atoms with Crippen LogP contribution in [0.25, 0.3) is 11.1 Å². The van der Waals surface area contributed by atoms with Gasteiger partial charge in [0.25, 0.3) is 0 Å². The highest BCUT2D eigenvalue weighted by Gasteiger charge is 2.32. The van der Waals surface area contributed by atoms with Crippen LogP contribution in [0, 0.1) is 17.2 Å². The molecule has 0 unspecified atom stereocenters. The number of hydrogen-bond acceptors (Lipinski definition) is 6. The van der Waals surface area contributed by atoms with Crippen molar-refractivity contribution in [3.05, 3.63) is 82.9 Å². The lowest BCUT2D eigenvalue weighted by Crippen LogP contribution is -2.49. The lowest BCUT2D eigenvalue weighted by Gasteiger charge is -2.37. The SMILES string of the molecule is CC1=C(c2cccc(O)c2)[C@@H](c2ccc(OCCN3CC(CF)C3)cc2)Oc2ccc(O)c(C#N)c21. The first-order chi connectivity index (χ1) is 17.5. The minimum absolute atomic E-state index is 0.104. The molecule has 0 aliphatic carbocycles. The van der Waals surface area contributed by atoms with E-state index in [0.717, 1.165) is 47.7 Å². The Labute approximate surface area is 209 Å². The Morgan fingerprint density at radius 3 is 2.58 bits per heavy atom. The second-order valence-corrected chi connectivity index (χ2v) is 9.23. The summed E-state index contributed by atoms with van der Waals surface area (Å²) in [4.78, 5) is 2.17. The summed E-state index contributed by atoms with van der Waals surface area (Å²) in [7, 11) is 0. The van der Waals surface area contributed by atoms with Crippen molar-refractivity contribution in [1.29, 1.82) is 5.26 Å². The predicted octanol–water partition coefficient (Wildman–Crippen LogP) is 5.31. The van der Waals surface area contributed by atoms with E-state index in [4.69, 9.17) is 9.47 Å². The molecule has 1 saturated heterocycles. The Morgan fingerprint density at radius 2 is 1.89 bits per heavy atom. The number of nitriles is 1. The first-order valence-corrected chi connectivity index (χ1v) is 11.9. The smallest absolute Gasteiger partial charge is 0.150 e. The number of aromatic hydroxyl groups is 2. The molecule has 3 aromatic carbocycles. The maximum absolute atomic E-state index is 12.6. The van der Waals surface area contributed by atoms with Gasteiger partial charge >= 0.3 is 0 Å². The summed E-state index contributed by atoms with van der Waals surface area (Å²) in [6, 6.07) is 19.8. The van der Waals surface area contributed by atoms with E-state index in [1.165, 1.54) is 6.07 Å². The van der Waals surface area contributed by atoms with Gasteiger partial charge in [-0.2, -0.15) is 5.26 Å². The van der Waals surface area contributed by atoms with E-state index in [1.807, 2.05) is 37.3 Å². The minimum Gasteiger partial charge on any atom is -0.508 e. The quantitative estimate of drug-likeness (QED) is 0.471. The number of rotatable bonds is 7. The maximum Gasteiger partial charge on any atom is 0.150 e. The Bertz CT molecular complexity index is 1340. The molecule has 0 aromatic heterocycles. The zero-order chi connectivity index (χ0) is 25.2. The number of nitrogens with zero attached hydrogens (tertiary/aromatic N) is 2. The molecule has 2 heterocycles. The van der Waals surface area contributed by atoms with Gasteiger partial charge in [-0.1, -0.05) is 24.3 Å². The molecule has 2 aliphatic heterocycles. The third kappa shape index (κ3) is 4.48. The minimum atomic E-state index is -0.497. The Morgan fingerprint density at radius 1 is 1.11 bits per heavy atom. The average molecular weight is 487 g/mol. The van der Waals surface area contributed by atoms with Crippen LogP contribution in [0.1, 0.15) is 35.3 Å². The van der Waals surface area contributed by atoms with Crippen LogP contribution in [0.2, 0.25) is 0 Å². The Kier molecular flexibility index (Phi) is 6.53. The first kappa shape index (κ1) is 23.7. The summed E-state index contributed by atoms with van der Waals surface area (Å²) in [5.41, 5.74) is 3.94. The molecule has 0 radical (unpaired) electrons. The Hall–Kier alpha value is -4.02. The molecule has 0 saturated carbocycles. The largest absolute Gasteiger partial charge is 0.508 e. The number of fused-ring (bicyclic) bond motifs is 1. The summed E-state index contributed by atoms with van der Waals surface area (Å²) in [6.45, 7) is 4.50. The molecule has 2 N–H and O–H groups in total.